The van der Waals surface area contributed by atoms with Gasteiger partial charge < -0.3 is 29.7 Å². The summed E-state index contributed by atoms with van der Waals surface area (Å²) >= 11 is 0. The minimum absolute atomic E-state index is 0.0811. The van der Waals surface area contributed by atoms with Gasteiger partial charge in [0.1, 0.15) is 11.7 Å². The average Bonchev–Trinajstić information content (AvgIpc) is 2.85. The van der Waals surface area contributed by atoms with Crippen molar-refractivity contribution in [1.82, 2.24) is 4.90 Å². The third kappa shape index (κ3) is 7.12. The van der Waals surface area contributed by atoms with Crippen LogP contribution in [0.15, 0.2) is 54.6 Å². The van der Waals surface area contributed by atoms with E-state index in [9.17, 15) is 9.59 Å². The molecule has 2 atom stereocenters. The SMILES string of the molecule is COc1ccc(N2CCN(C(=O)[C@@H](CC(C)C)C(OCc3ccccc3)OC(N)=O)CC2)cc1. The molecule has 0 aliphatic carbocycles. The average molecular weight is 470 g/mol. The highest BCUT2D eigenvalue weighted by atomic mass is 16.7. The highest BCUT2D eigenvalue weighted by Gasteiger charge is 2.36. The van der Waals surface area contributed by atoms with E-state index in [4.69, 9.17) is 19.9 Å². The molecule has 1 fully saturated rings. The number of ether oxygens (including phenoxy) is 3. The molecule has 2 amide bonds. The van der Waals surface area contributed by atoms with Crippen LogP contribution in [0.4, 0.5) is 10.5 Å². The lowest BCUT2D eigenvalue weighted by atomic mass is 9.94. The maximum atomic E-state index is 13.6. The number of nitrogens with two attached hydrogens (primary N) is 1. The van der Waals surface area contributed by atoms with E-state index in [-0.39, 0.29) is 18.4 Å². The number of hydrogen-bond acceptors (Lipinski definition) is 6. The molecule has 8 nitrogen and oxygen atoms in total. The summed E-state index contributed by atoms with van der Waals surface area (Å²) < 4.78 is 16.5. The lowest BCUT2D eigenvalue weighted by Crippen LogP contribution is -2.52. The Hall–Kier alpha value is -3.26. The summed E-state index contributed by atoms with van der Waals surface area (Å²) in [6.07, 6.45) is -1.49. The molecule has 0 aromatic heterocycles. The summed E-state index contributed by atoms with van der Waals surface area (Å²) in [7, 11) is 1.64. The molecule has 1 unspecified atom stereocenters. The molecule has 3 rings (SSSR count). The van der Waals surface area contributed by atoms with Crippen LogP contribution in [0.1, 0.15) is 25.8 Å². The quantitative estimate of drug-likeness (QED) is 0.534. The minimum atomic E-state index is -1.05. The number of benzene rings is 2. The zero-order valence-electron chi connectivity index (χ0n) is 20.2. The molecule has 0 spiro atoms. The van der Waals surface area contributed by atoms with Crippen LogP contribution in [0, 0.1) is 11.8 Å². The molecule has 0 saturated carbocycles. The number of hydrogen-bond donors (Lipinski definition) is 1. The second-order valence-corrected chi connectivity index (χ2v) is 8.85. The fraction of sp³-hybridized carbons (Fsp3) is 0.462. The van der Waals surface area contributed by atoms with Gasteiger partial charge in [-0.05, 0) is 42.2 Å². The van der Waals surface area contributed by atoms with E-state index in [1.165, 1.54) is 0 Å². The molecule has 1 aliphatic rings. The van der Waals surface area contributed by atoms with E-state index in [0.717, 1.165) is 17.0 Å². The lowest BCUT2D eigenvalue weighted by Gasteiger charge is -2.39. The van der Waals surface area contributed by atoms with Gasteiger partial charge in [-0.3, -0.25) is 4.79 Å². The predicted molar refractivity (Wildman–Crippen MR) is 130 cm³/mol. The highest BCUT2D eigenvalue weighted by molar-refractivity contribution is 5.80. The number of piperazine rings is 1. The van der Waals surface area contributed by atoms with Gasteiger partial charge in [0.2, 0.25) is 12.2 Å². The van der Waals surface area contributed by atoms with Crippen LogP contribution in [-0.2, 0) is 20.9 Å². The van der Waals surface area contributed by atoms with Crippen molar-refractivity contribution in [3.63, 3.8) is 0 Å². The van der Waals surface area contributed by atoms with Crippen LogP contribution in [0.5, 0.6) is 5.75 Å². The Balaban J connectivity index is 1.68. The third-order valence-electron chi connectivity index (χ3n) is 5.89. The number of nitrogens with zero attached hydrogens (tertiary/aromatic N) is 2. The predicted octanol–water partition coefficient (Wildman–Crippen LogP) is 3.64. The Morgan fingerprint density at radius 2 is 1.62 bits per heavy atom. The first-order valence-corrected chi connectivity index (χ1v) is 11.7. The van der Waals surface area contributed by atoms with Gasteiger partial charge in [0.05, 0.1) is 13.7 Å². The summed E-state index contributed by atoms with van der Waals surface area (Å²) in [5.41, 5.74) is 7.34. The van der Waals surface area contributed by atoms with Crippen LogP contribution in [0.3, 0.4) is 0 Å². The van der Waals surface area contributed by atoms with Gasteiger partial charge in [0.15, 0.2) is 0 Å². The van der Waals surface area contributed by atoms with Gasteiger partial charge in [-0.1, -0.05) is 44.2 Å². The van der Waals surface area contributed by atoms with Crippen molar-refractivity contribution in [2.75, 3.05) is 38.2 Å². The number of rotatable bonds is 10. The van der Waals surface area contributed by atoms with Gasteiger partial charge in [-0.2, -0.15) is 0 Å². The lowest BCUT2D eigenvalue weighted by molar-refractivity contribution is -0.170. The molecule has 2 N–H and O–H groups in total. The molecule has 1 saturated heterocycles. The molecule has 0 bridgehead atoms. The maximum Gasteiger partial charge on any atom is 0.406 e. The number of amides is 2. The molecule has 8 heteroatoms. The second kappa shape index (κ2) is 12.3. The number of primary amides is 1. The topological polar surface area (TPSA) is 94.3 Å². The van der Waals surface area contributed by atoms with Gasteiger partial charge in [-0.25, -0.2) is 4.79 Å². The monoisotopic (exact) mass is 469 g/mol. The van der Waals surface area contributed by atoms with Gasteiger partial charge in [-0.15, -0.1) is 0 Å². The zero-order valence-corrected chi connectivity index (χ0v) is 20.2. The minimum Gasteiger partial charge on any atom is -0.497 e. The van der Waals surface area contributed by atoms with Crippen molar-refractivity contribution in [1.29, 1.82) is 0 Å². The van der Waals surface area contributed by atoms with Crippen LogP contribution in [0.25, 0.3) is 0 Å². The third-order valence-corrected chi connectivity index (χ3v) is 5.89. The fourth-order valence-electron chi connectivity index (χ4n) is 4.15. The van der Waals surface area contributed by atoms with Crippen molar-refractivity contribution in [3.8, 4) is 5.75 Å². The number of methoxy groups -OCH3 is 1. The maximum absolute atomic E-state index is 13.6. The van der Waals surface area contributed by atoms with Crippen molar-refractivity contribution in [2.45, 2.75) is 33.2 Å². The van der Waals surface area contributed by atoms with E-state index in [1.807, 2.05) is 73.3 Å². The Bertz CT molecular complexity index is 912. The Morgan fingerprint density at radius 1 is 0.971 bits per heavy atom. The first-order chi connectivity index (χ1) is 16.4. The normalized spacial score (nSPS) is 15.6. The van der Waals surface area contributed by atoms with Crippen LogP contribution in [-0.4, -0.2) is 56.5 Å². The van der Waals surface area contributed by atoms with E-state index in [2.05, 4.69) is 4.90 Å². The molecule has 1 heterocycles. The number of carbonyl (C=O) groups is 2. The van der Waals surface area contributed by atoms with E-state index in [0.29, 0.717) is 32.6 Å². The van der Waals surface area contributed by atoms with Crippen LogP contribution in [0.2, 0.25) is 0 Å². The standard InChI is InChI=1S/C26H35N3O5/c1-19(2)17-23(25(34-26(27)31)33-18-20-7-5-4-6-8-20)24(30)29-15-13-28(14-16-29)21-9-11-22(32-3)12-10-21/h4-12,19,23,25H,13-18H2,1-3H3,(H2,27,31)/t23-,25?/m1/s1. The van der Waals surface area contributed by atoms with Crippen molar-refractivity contribution >= 4 is 17.7 Å². The largest absolute Gasteiger partial charge is 0.497 e. The zero-order chi connectivity index (χ0) is 24.5. The van der Waals surface area contributed by atoms with Crippen molar-refractivity contribution < 1.29 is 23.8 Å². The molecule has 0 radical (unpaired) electrons. The fourth-order valence-corrected chi connectivity index (χ4v) is 4.15. The van der Waals surface area contributed by atoms with E-state index >= 15 is 0 Å². The Morgan fingerprint density at radius 3 is 2.18 bits per heavy atom. The van der Waals surface area contributed by atoms with Gasteiger partial charge in [0.25, 0.3) is 0 Å². The number of anilines is 1. The summed E-state index contributed by atoms with van der Waals surface area (Å²) in [6.45, 7) is 6.83. The smallest absolute Gasteiger partial charge is 0.406 e. The molecule has 34 heavy (non-hydrogen) atoms. The molecular formula is C26H35N3O5. The Labute approximate surface area is 201 Å². The summed E-state index contributed by atoms with van der Waals surface area (Å²) in [6, 6.07) is 17.5. The molecule has 1 aliphatic heterocycles. The summed E-state index contributed by atoms with van der Waals surface area (Å²) in [4.78, 5) is 29.3. The van der Waals surface area contributed by atoms with E-state index < -0.39 is 18.3 Å². The first-order valence-electron chi connectivity index (χ1n) is 11.7. The van der Waals surface area contributed by atoms with Gasteiger partial charge in [0, 0.05) is 31.9 Å². The van der Waals surface area contributed by atoms with Crippen LogP contribution < -0.4 is 15.4 Å². The summed E-state index contributed by atoms with van der Waals surface area (Å²) in [5, 5.41) is 0. The van der Waals surface area contributed by atoms with Crippen molar-refractivity contribution in [2.24, 2.45) is 17.6 Å². The molecule has 184 valence electrons. The summed E-state index contributed by atoms with van der Waals surface area (Å²) in [5.74, 6) is 0.296. The van der Waals surface area contributed by atoms with E-state index in [1.54, 1.807) is 7.11 Å². The Kier molecular flexibility index (Phi) is 9.16. The molecule has 2 aromatic rings. The molecule has 2 aromatic carbocycles. The molecular weight excluding hydrogens is 434 g/mol. The van der Waals surface area contributed by atoms with Crippen molar-refractivity contribution in [3.05, 3.63) is 60.2 Å². The van der Waals surface area contributed by atoms with Crippen LogP contribution >= 0.6 is 0 Å². The highest BCUT2D eigenvalue weighted by Crippen LogP contribution is 2.25. The first kappa shape index (κ1) is 25.4. The van der Waals surface area contributed by atoms with Gasteiger partial charge >= 0.3 is 6.09 Å². The second-order valence-electron chi connectivity index (χ2n) is 8.85. The number of carbonyl (C=O) groups excluding carboxylic acids is 2.